The predicted octanol–water partition coefficient (Wildman–Crippen LogP) is 1.64. The predicted molar refractivity (Wildman–Crippen MR) is 83.4 cm³/mol. The van der Waals surface area contributed by atoms with Crippen LogP contribution in [0.25, 0.3) is 0 Å². The zero-order chi connectivity index (χ0) is 16.7. The third-order valence-corrected chi connectivity index (χ3v) is 3.28. The molecule has 0 spiro atoms. The number of imidazole rings is 1. The molecule has 1 amide bonds. The Morgan fingerprint density at radius 1 is 1.35 bits per heavy atom. The van der Waals surface area contributed by atoms with Crippen LogP contribution in [-0.4, -0.2) is 39.6 Å². The van der Waals surface area contributed by atoms with Crippen LogP contribution in [0.4, 0.5) is 0 Å². The average Bonchev–Trinajstić information content (AvgIpc) is 3.01. The van der Waals surface area contributed by atoms with Crippen molar-refractivity contribution in [3.8, 4) is 5.75 Å². The zero-order valence-corrected chi connectivity index (χ0v) is 12.9. The van der Waals surface area contributed by atoms with Crippen molar-refractivity contribution < 1.29 is 19.4 Å². The maximum absolute atomic E-state index is 11.8. The first-order valence-corrected chi connectivity index (χ1v) is 7.30. The second-order valence-electron chi connectivity index (χ2n) is 4.79. The summed E-state index contributed by atoms with van der Waals surface area (Å²) in [5.74, 6) is -0.910. The SMILES string of the molecule is O=C(CCOc1ccc(Cl)cc1)NC(Cc1cnc[nH]1)C(=O)O. The number of halogens is 1. The number of hydrogen-bond acceptors (Lipinski definition) is 4. The number of ether oxygens (including phenoxy) is 1. The summed E-state index contributed by atoms with van der Waals surface area (Å²) in [4.78, 5) is 29.6. The largest absolute Gasteiger partial charge is 0.493 e. The molecule has 1 atom stereocenters. The summed E-state index contributed by atoms with van der Waals surface area (Å²) < 4.78 is 5.40. The van der Waals surface area contributed by atoms with Crippen LogP contribution in [0.1, 0.15) is 12.1 Å². The number of nitrogens with one attached hydrogen (secondary N) is 2. The molecule has 0 bridgehead atoms. The van der Waals surface area contributed by atoms with Gasteiger partial charge >= 0.3 is 5.97 Å². The molecule has 0 fully saturated rings. The van der Waals surface area contributed by atoms with Crippen LogP contribution in [0.3, 0.4) is 0 Å². The van der Waals surface area contributed by atoms with Gasteiger partial charge in [0.25, 0.3) is 0 Å². The fraction of sp³-hybridized carbons (Fsp3) is 0.267. The molecule has 0 aliphatic carbocycles. The number of rotatable bonds is 8. The van der Waals surface area contributed by atoms with Crippen molar-refractivity contribution in [2.24, 2.45) is 0 Å². The van der Waals surface area contributed by atoms with Crippen molar-refractivity contribution in [3.05, 3.63) is 47.5 Å². The molecule has 3 N–H and O–H groups in total. The van der Waals surface area contributed by atoms with E-state index in [1.165, 1.54) is 12.5 Å². The molecule has 0 radical (unpaired) electrons. The molecule has 2 rings (SSSR count). The highest BCUT2D eigenvalue weighted by molar-refractivity contribution is 6.30. The molecule has 8 heteroatoms. The van der Waals surface area contributed by atoms with Gasteiger partial charge in [-0.25, -0.2) is 9.78 Å². The first-order chi connectivity index (χ1) is 11.0. The Hall–Kier alpha value is -2.54. The van der Waals surface area contributed by atoms with Gasteiger partial charge in [-0.2, -0.15) is 0 Å². The van der Waals surface area contributed by atoms with Crippen molar-refractivity contribution in [1.82, 2.24) is 15.3 Å². The fourth-order valence-corrected chi connectivity index (χ4v) is 2.00. The summed E-state index contributed by atoms with van der Waals surface area (Å²) in [5.41, 5.74) is 0.634. The monoisotopic (exact) mass is 337 g/mol. The van der Waals surface area contributed by atoms with Crippen LogP contribution >= 0.6 is 11.6 Å². The van der Waals surface area contributed by atoms with Crippen LogP contribution in [0.5, 0.6) is 5.75 Å². The van der Waals surface area contributed by atoms with Gasteiger partial charge in [0, 0.05) is 23.3 Å². The standard InChI is InChI=1S/C15H16ClN3O4/c16-10-1-3-12(4-2-10)23-6-5-14(20)19-13(15(21)22)7-11-8-17-9-18-11/h1-4,8-9,13H,5-7H2,(H,17,18)(H,19,20)(H,21,22). The number of carboxylic acid groups (broad SMARTS) is 1. The lowest BCUT2D eigenvalue weighted by atomic mass is 10.1. The Bertz CT molecular complexity index is 643. The molecule has 0 saturated carbocycles. The van der Waals surface area contributed by atoms with E-state index in [1.807, 2.05) is 0 Å². The number of amides is 1. The Morgan fingerprint density at radius 2 is 2.09 bits per heavy atom. The lowest BCUT2D eigenvalue weighted by Crippen LogP contribution is -2.42. The van der Waals surface area contributed by atoms with E-state index in [0.29, 0.717) is 16.5 Å². The molecule has 122 valence electrons. The molecule has 1 aromatic carbocycles. The van der Waals surface area contributed by atoms with Gasteiger partial charge in [0.05, 0.1) is 19.4 Å². The number of carbonyl (C=O) groups is 2. The van der Waals surface area contributed by atoms with E-state index in [4.69, 9.17) is 21.4 Å². The van der Waals surface area contributed by atoms with Crippen molar-refractivity contribution in [3.63, 3.8) is 0 Å². The molecule has 1 heterocycles. The summed E-state index contributed by atoms with van der Waals surface area (Å²) in [6.45, 7) is 0.143. The van der Waals surface area contributed by atoms with E-state index in [0.717, 1.165) is 0 Å². The van der Waals surface area contributed by atoms with Crippen molar-refractivity contribution in [1.29, 1.82) is 0 Å². The Labute approximate surface area is 137 Å². The first kappa shape index (κ1) is 16.8. The topological polar surface area (TPSA) is 104 Å². The van der Waals surface area contributed by atoms with Gasteiger partial charge in [-0.1, -0.05) is 11.6 Å². The van der Waals surface area contributed by atoms with Crippen molar-refractivity contribution >= 4 is 23.5 Å². The molecular weight excluding hydrogens is 322 g/mol. The highest BCUT2D eigenvalue weighted by Gasteiger charge is 2.20. The van der Waals surface area contributed by atoms with Crippen LogP contribution in [-0.2, 0) is 16.0 Å². The summed E-state index contributed by atoms with van der Waals surface area (Å²) in [6.07, 6.45) is 3.16. The smallest absolute Gasteiger partial charge is 0.326 e. The van der Waals surface area contributed by atoms with Crippen molar-refractivity contribution in [2.45, 2.75) is 18.9 Å². The lowest BCUT2D eigenvalue weighted by Gasteiger charge is -2.14. The minimum absolute atomic E-state index is 0.0510. The van der Waals surface area contributed by atoms with Crippen molar-refractivity contribution in [2.75, 3.05) is 6.61 Å². The van der Waals surface area contributed by atoms with E-state index in [2.05, 4.69) is 15.3 Å². The average molecular weight is 338 g/mol. The maximum atomic E-state index is 11.8. The zero-order valence-electron chi connectivity index (χ0n) is 12.2. The highest BCUT2D eigenvalue weighted by atomic mass is 35.5. The summed E-state index contributed by atoms with van der Waals surface area (Å²) >= 11 is 5.76. The Kier molecular flexibility index (Phi) is 5.99. The van der Waals surface area contributed by atoms with Gasteiger partial charge in [-0.05, 0) is 24.3 Å². The van der Waals surface area contributed by atoms with E-state index in [1.54, 1.807) is 24.3 Å². The molecule has 2 aromatic rings. The molecule has 0 aliphatic heterocycles. The summed E-state index contributed by atoms with van der Waals surface area (Å²) in [7, 11) is 0. The molecule has 7 nitrogen and oxygen atoms in total. The van der Waals surface area contributed by atoms with E-state index >= 15 is 0 Å². The number of carboxylic acids is 1. The molecule has 0 saturated heterocycles. The van der Waals surface area contributed by atoms with Gasteiger partial charge in [0.2, 0.25) is 5.91 Å². The van der Waals surface area contributed by atoms with E-state index < -0.39 is 17.9 Å². The minimum atomic E-state index is -1.11. The number of benzene rings is 1. The highest BCUT2D eigenvalue weighted by Crippen LogP contribution is 2.15. The first-order valence-electron chi connectivity index (χ1n) is 6.92. The van der Waals surface area contributed by atoms with Crippen LogP contribution in [0, 0.1) is 0 Å². The van der Waals surface area contributed by atoms with Crippen LogP contribution in [0.15, 0.2) is 36.8 Å². The lowest BCUT2D eigenvalue weighted by molar-refractivity contribution is -0.141. The molecule has 1 unspecified atom stereocenters. The fourth-order valence-electron chi connectivity index (χ4n) is 1.88. The number of aromatic amines is 1. The minimum Gasteiger partial charge on any atom is -0.493 e. The Balaban J connectivity index is 1.77. The molecule has 0 aliphatic rings. The number of carbonyl (C=O) groups excluding carboxylic acids is 1. The second-order valence-corrected chi connectivity index (χ2v) is 5.23. The summed E-state index contributed by atoms with van der Waals surface area (Å²) in [5, 5.41) is 12.2. The summed E-state index contributed by atoms with van der Waals surface area (Å²) in [6, 6.07) is 5.74. The Morgan fingerprint density at radius 3 is 2.70 bits per heavy atom. The normalized spacial score (nSPS) is 11.7. The number of aromatic nitrogens is 2. The van der Waals surface area contributed by atoms with Gasteiger partial charge in [0.15, 0.2) is 0 Å². The molecule has 23 heavy (non-hydrogen) atoms. The molecule has 1 aromatic heterocycles. The van der Waals surface area contributed by atoms with E-state index in [-0.39, 0.29) is 19.4 Å². The quantitative estimate of drug-likeness (QED) is 0.679. The number of H-pyrrole nitrogens is 1. The second kappa shape index (κ2) is 8.19. The number of aliphatic carboxylic acids is 1. The maximum Gasteiger partial charge on any atom is 0.326 e. The number of nitrogens with zero attached hydrogens (tertiary/aromatic N) is 1. The van der Waals surface area contributed by atoms with Gasteiger partial charge in [0.1, 0.15) is 11.8 Å². The van der Waals surface area contributed by atoms with E-state index in [9.17, 15) is 9.59 Å². The third kappa shape index (κ3) is 5.63. The molecular formula is C15H16ClN3O4. The van der Waals surface area contributed by atoms with Gasteiger partial charge in [-0.15, -0.1) is 0 Å². The van der Waals surface area contributed by atoms with Crippen LogP contribution < -0.4 is 10.1 Å². The number of hydrogen-bond donors (Lipinski definition) is 3. The van der Waals surface area contributed by atoms with Gasteiger partial charge < -0.3 is 20.1 Å². The third-order valence-electron chi connectivity index (χ3n) is 3.02. The van der Waals surface area contributed by atoms with Gasteiger partial charge in [-0.3, -0.25) is 4.79 Å². The van der Waals surface area contributed by atoms with Crippen LogP contribution in [0.2, 0.25) is 5.02 Å².